The van der Waals surface area contributed by atoms with Gasteiger partial charge in [-0.2, -0.15) is 14.3 Å². The number of halogens is 1. The highest BCUT2D eigenvalue weighted by atomic mass is 19.1. The summed E-state index contributed by atoms with van der Waals surface area (Å²) in [6.45, 7) is 2.12. The number of hydrogen-bond donors (Lipinski definition) is 1. The molecule has 1 amide bonds. The molecule has 0 fully saturated rings. The highest BCUT2D eigenvalue weighted by molar-refractivity contribution is 5.95. The Kier molecular flexibility index (Phi) is 4.98. The average molecular weight is 469 g/mol. The fraction of sp³-hybridized carbons (Fsp3) is 0.160. The molecule has 2 aromatic carbocycles. The molecule has 1 atom stereocenters. The standard InChI is InChI=1S/C25H20FN7O2/c1-15-24-19(18-7-2-3-8-20(18)35-13-16-5-4-6-17(26)11-16)12-23(34)28-25(24)33(30-15)22-10-9-21-29-27-14-32(21)31-22/h2-11,14,19H,12-13H2,1H3,(H,28,34)/t19-/m1/s1. The largest absolute Gasteiger partial charge is 0.489 e. The van der Waals surface area contributed by atoms with E-state index in [2.05, 4.69) is 20.6 Å². The Morgan fingerprint density at radius 2 is 2.00 bits per heavy atom. The Bertz CT molecular complexity index is 1580. The van der Waals surface area contributed by atoms with Crippen molar-refractivity contribution in [2.75, 3.05) is 5.32 Å². The third kappa shape index (κ3) is 3.78. The molecule has 10 heteroatoms. The van der Waals surface area contributed by atoms with Gasteiger partial charge in [-0.1, -0.05) is 30.3 Å². The van der Waals surface area contributed by atoms with Crippen LogP contribution in [0.25, 0.3) is 11.5 Å². The van der Waals surface area contributed by atoms with Crippen molar-refractivity contribution in [3.05, 3.63) is 95.2 Å². The van der Waals surface area contributed by atoms with E-state index in [1.165, 1.54) is 18.5 Å². The molecule has 6 rings (SSSR count). The normalized spacial score (nSPS) is 15.1. The summed E-state index contributed by atoms with van der Waals surface area (Å²) >= 11 is 0. The number of carbonyl (C=O) groups is 1. The van der Waals surface area contributed by atoms with E-state index in [-0.39, 0.29) is 30.7 Å². The zero-order valence-electron chi connectivity index (χ0n) is 18.7. The predicted molar refractivity (Wildman–Crippen MR) is 125 cm³/mol. The third-order valence-corrected chi connectivity index (χ3v) is 6.04. The van der Waals surface area contributed by atoms with Gasteiger partial charge < -0.3 is 10.1 Å². The summed E-state index contributed by atoms with van der Waals surface area (Å²) in [4.78, 5) is 12.8. The van der Waals surface area contributed by atoms with Gasteiger partial charge in [0.05, 0.1) is 5.69 Å². The smallest absolute Gasteiger partial charge is 0.226 e. The van der Waals surface area contributed by atoms with Crippen LogP contribution in [0.1, 0.15) is 34.7 Å². The molecule has 0 saturated carbocycles. The first kappa shape index (κ1) is 21.0. The van der Waals surface area contributed by atoms with Gasteiger partial charge in [-0.05, 0) is 42.8 Å². The maximum absolute atomic E-state index is 13.6. The second-order valence-corrected chi connectivity index (χ2v) is 8.35. The maximum atomic E-state index is 13.6. The number of benzene rings is 2. The summed E-state index contributed by atoms with van der Waals surface area (Å²) in [5.74, 6) is 1.03. The fourth-order valence-corrected chi connectivity index (χ4v) is 4.50. The van der Waals surface area contributed by atoms with Gasteiger partial charge in [0.2, 0.25) is 5.91 Å². The van der Waals surface area contributed by atoms with Crippen LogP contribution >= 0.6 is 0 Å². The molecule has 0 radical (unpaired) electrons. The van der Waals surface area contributed by atoms with Crippen molar-refractivity contribution in [3.8, 4) is 11.6 Å². The van der Waals surface area contributed by atoms with Crippen LogP contribution in [0, 0.1) is 12.7 Å². The molecule has 0 unspecified atom stereocenters. The molecule has 1 N–H and O–H groups in total. The number of rotatable bonds is 5. The molecule has 1 aliphatic rings. The first-order chi connectivity index (χ1) is 17.1. The van der Waals surface area contributed by atoms with E-state index >= 15 is 0 Å². The lowest BCUT2D eigenvalue weighted by Gasteiger charge is -2.26. The quantitative estimate of drug-likeness (QED) is 0.420. The molecule has 4 heterocycles. The van der Waals surface area contributed by atoms with Gasteiger partial charge in [-0.3, -0.25) is 4.79 Å². The van der Waals surface area contributed by atoms with Crippen molar-refractivity contribution in [2.45, 2.75) is 25.9 Å². The van der Waals surface area contributed by atoms with Crippen molar-refractivity contribution >= 4 is 17.4 Å². The third-order valence-electron chi connectivity index (χ3n) is 6.04. The molecule has 35 heavy (non-hydrogen) atoms. The first-order valence-corrected chi connectivity index (χ1v) is 11.1. The van der Waals surface area contributed by atoms with Gasteiger partial charge in [0, 0.05) is 23.5 Å². The van der Waals surface area contributed by atoms with Crippen LogP contribution in [-0.2, 0) is 11.4 Å². The Labute approximate surface area is 199 Å². The molecule has 0 spiro atoms. The molecular weight excluding hydrogens is 449 g/mol. The molecule has 0 bridgehead atoms. The second-order valence-electron chi connectivity index (χ2n) is 8.35. The number of nitrogens with zero attached hydrogens (tertiary/aromatic N) is 6. The Morgan fingerprint density at radius 3 is 2.89 bits per heavy atom. The average Bonchev–Trinajstić information content (AvgIpc) is 3.46. The maximum Gasteiger partial charge on any atom is 0.226 e. The SMILES string of the molecule is Cc1nn(-c2ccc3nncn3n2)c2c1[C@@H](c1ccccc1OCc1cccc(F)c1)CC(=O)N2. The van der Waals surface area contributed by atoms with E-state index in [9.17, 15) is 9.18 Å². The lowest BCUT2D eigenvalue weighted by molar-refractivity contribution is -0.116. The van der Waals surface area contributed by atoms with Gasteiger partial charge in [0.1, 0.15) is 30.3 Å². The van der Waals surface area contributed by atoms with E-state index in [4.69, 9.17) is 9.84 Å². The van der Waals surface area contributed by atoms with E-state index < -0.39 is 0 Å². The number of ether oxygens (including phenoxy) is 1. The molecule has 0 aliphatic carbocycles. The van der Waals surface area contributed by atoms with Crippen LogP contribution < -0.4 is 10.1 Å². The lowest BCUT2D eigenvalue weighted by Crippen LogP contribution is -2.25. The van der Waals surface area contributed by atoms with Gasteiger partial charge in [-0.25, -0.2) is 4.39 Å². The predicted octanol–water partition coefficient (Wildman–Crippen LogP) is 3.81. The molecule has 3 aromatic heterocycles. The zero-order valence-corrected chi connectivity index (χ0v) is 18.7. The highest BCUT2D eigenvalue weighted by Crippen LogP contribution is 2.43. The second kappa shape index (κ2) is 8.32. The van der Waals surface area contributed by atoms with E-state index in [0.29, 0.717) is 23.0 Å². The molecule has 9 nitrogen and oxygen atoms in total. The van der Waals surface area contributed by atoms with Crippen LogP contribution in [0.5, 0.6) is 5.75 Å². The van der Waals surface area contributed by atoms with Crippen LogP contribution in [-0.4, -0.2) is 35.5 Å². The summed E-state index contributed by atoms with van der Waals surface area (Å²) in [7, 11) is 0. The minimum Gasteiger partial charge on any atom is -0.489 e. The van der Waals surface area contributed by atoms with E-state index in [1.807, 2.05) is 37.3 Å². The molecular formula is C25H20FN7O2. The van der Waals surface area contributed by atoms with Gasteiger partial charge in [0.25, 0.3) is 0 Å². The minimum atomic E-state index is -0.311. The van der Waals surface area contributed by atoms with Crippen molar-refractivity contribution in [3.63, 3.8) is 0 Å². The van der Waals surface area contributed by atoms with E-state index in [1.54, 1.807) is 27.4 Å². The Balaban J connectivity index is 1.39. The number of fused-ring (bicyclic) bond motifs is 2. The number of carbonyl (C=O) groups excluding carboxylic acids is 1. The summed E-state index contributed by atoms with van der Waals surface area (Å²) in [6, 6.07) is 17.5. The van der Waals surface area contributed by atoms with Crippen LogP contribution in [0.3, 0.4) is 0 Å². The topological polar surface area (TPSA) is 99.2 Å². The van der Waals surface area contributed by atoms with Crippen LogP contribution in [0.15, 0.2) is 67.0 Å². The number of aryl methyl sites for hydroxylation is 1. The number of nitrogens with one attached hydrogen (secondary N) is 1. The summed E-state index contributed by atoms with van der Waals surface area (Å²) < 4.78 is 22.9. The Hall–Kier alpha value is -4.60. The minimum absolute atomic E-state index is 0.131. The molecule has 5 aromatic rings. The fourth-order valence-electron chi connectivity index (χ4n) is 4.50. The highest BCUT2D eigenvalue weighted by Gasteiger charge is 2.34. The summed E-state index contributed by atoms with van der Waals surface area (Å²) in [5, 5.41) is 20.0. The number of para-hydroxylation sites is 1. The molecule has 1 aliphatic heterocycles. The Morgan fingerprint density at radius 1 is 1.11 bits per heavy atom. The van der Waals surface area contributed by atoms with Crippen molar-refractivity contribution < 1.29 is 13.9 Å². The molecule has 174 valence electrons. The zero-order chi connectivity index (χ0) is 23.9. The van der Waals surface area contributed by atoms with Crippen LogP contribution in [0.2, 0.25) is 0 Å². The number of aromatic nitrogens is 6. The van der Waals surface area contributed by atoms with Gasteiger partial charge in [-0.15, -0.1) is 15.3 Å². The van der Waals surface area contributed by atoms with Crippen molar-refractivity contribution in [1.29, 1.82) is 0 Å². The number of anilines is 1. The summed E-state index contributed by atoms with van der Waals surface area (Å²) in [5.41, 5.74) is 3.87. The van der Waals surface area contributed by atoms with Gasteiger partial charge in [0.15, 0.2) is 11.5 Å². The van der Waals surface area contributed by atoms with Crippen LogP contribution in [0.4, 0.5) is 10.2 Å². The molecule has 0 saturated heterocycles. The summed E-state index contributed by atoms with van der Waals surface area (Å²) in [6.07, 6.45) is 1.76. The van der Waals surface area contributed by atoms with Gasteiger partial charge >= 0.3 is 0 Å². The number of amides is 1. The first-order valence-electron chi connectivity index (χ1n) is 11.1. The monoisotopic (exact) mass is 469 g/mol. The number of hydrogen-bond acceptors (Lipinski definition) is 6. The lowest BCUT2D eigenvalue weighted by atomic mass is 9.85. The van der Waals surface area contributed by atoms with Crippen molar-refractivity contribution in [1.82, 2.24) is 29.6 Å². The van der Waals surface area contributed by atoms with Crippen molar-refractivity contribution in [2.24, 2.45) is 0 Å². The van der Waals surface area contributed by atoms with E-state index in [0.717, 1.165) is 22.4 Å².